The van der Waals surface area contributed by atoms with Crippen LogP contribution in [-0.4, -0.2) is 28.9 Å². The molecule has 0 bridgehead atoms. The zero-order valence-electron chi connectivity index (χ0n) is 14.9. The third-order valence-corrected chi connectivity index (χ3v) is 4.16. The van der Waals surface area contributed by atoms with Crippen molar-refractivity contribution in [1.29, 1.82) is 0 Å². The summed E-state index contributed by atoms with van der Waals surface area (Å²) in [6.07, 6.45) is -0.347. The number of carbonyl (C=O) groups is 3. The number of rotatable bonds is 10. The van der Waals surface area contributed by atoms with E-state index in [9.17, 15) is 19.5 Å². The van der Waals surface area contributed by atoms with E-state index < -0.39 is 23.9 Å². The Morgan fingerprint density at radius 2 is 1.44 bits per heavy atom. The number of benzene rings is 2. The molecule has 6 nitrogen and oxygen atoms in total. The Morgan fingerprint density at radius 1 is 0.889 bits per heavy atom. The first-order valence-electron chi connectivity index (χ1n) is 8.70. The van der Waals surface area contributed by atoms with Crippen molar-refractivity contribution < 1.29 is 24.2 Å². The van der Waals surface area contributed by atoms with E-state index in [4.69, 9.17) is 10.5 Å². The summed E-state index contributed by atoms with van der Waals surface area (Å²) in [5.41, 5.74) is 7.60. The average Bonchev–Trinajstić information content (AvgIpc) is 2.67. The van der Waals surface area contributed by atoms with E-state index in [1.54, 1.807) is 12.1 Å². The van der Waals surface area contributed by atoms with Crippen LogP contribution in [0.2, 0.25) is 0 Å². The van der Waals surface area contributed by atoms with Gasteiger partial charge in [0.1, 0.15) is 6.61 Å². The van der Waals surface area contributed by atoms with Crippen molar-refractivity contribution in [1.82, 2.24) is 0 Å². The zero-order valence-corrected chi connectivity index (χ0v) is 14.9. The number of ether oxygens (including phenoxy) is 1. The molecule has 0 spiro atoms. The van der Waals surface area contributed by atoms with Crippen molar-refractivity contribution in [2.24, 2.45) is 11.7 Å². The molecule has 0 aliphatic rings. The summed E-state index contributed by atoms with van der Waals surface area (Å²) in [4.78, 5) is 35.7. The largest absolute Gasteiger partial charge is 0.481 e. The summed E-state index contributed by atoms with van der Waals surface area (Å²) in [7, 11) is 0. The van der Waals surface area contributed by atoms with Crippen molar-refractivity contribution in [2.45, 2.75) is 31.9 Å². The number of nitrogens with two attached hydrogens (primary N) is 1. The quantitative estimate of drug-likeness (QED) is 0.623. The molecule has 0 fully saturated rings. The van der Waals surface area contributed by atoms with E-state index in [1.165, 1.54) is 0 Å². The summed E-state index contributed by atoms with van der Waals surface area (Å²) in [5, 5.41) is 9.33. The number of Topliss-reactive ketones (excluding diaryl/α,β-unsaturated/α-hetero) is 1. The predicted octanol–water partition coefficient (Wildman–Crippen LogP) is 2.35. The summed E-state index contributed by atoms with van der Waals surface area (Å²) in [6.45, 7) is 0.0630. The van der Waals surface area contributed by atoms with Gasteiger partial charge in [-0.3, -0.25) is 14.4 Å². The molecule has 0 amide bonds. The molecule has 142 valence electrons. The highest BCUT2D eigenvalue weighted by Crippen LogP contribution is 2.14. The van der Waals surface area contributed by atoms with Gasteiger partial charge in [-0.05, 0) is 17.5 Å². The molecule has 2 atom stereocenters. The molecule has 2 rings (SSSR count). The molecule has 3 N–H and O–H groups in total. The summed E-state index contributed by atoms with van der Waals surface area (Å²) in [5.74, 6) is -3.41. The van der Waals surface area contributed by atoms with E-state index in [0.29, 0.717) is 6.42 Å². The lowest BCUT2D eigenvalue weighted by molar-refractivity contribution is -0.153. The third kappa shape index (κ3) is 7.03. The number of carboxylic acids is 1. The minimum absolute atomic E-state index is 0.0630. The van der Waals surface area contributed by atoms with Gasteiger partial charge >= 0.3 is 11.9 Å². The fourth-order valence-corrected chi connectivity index (χ4v) is 2.62. The van der Waals surface area contributed by atoms with E-state index >= 15 is 0 Å². The predicted molar refractivity (Wildman–Crippen MR) is 99.7 cm³/mol. The number of hydrogen-bond donors (Lipinski definition) is 2. The third-order valence-electron chi connectivity index (χ3n) is 4.16. The van der Waals surface area contributed by atoms with Gasteiger partial charge in [0.2, 0.25) is 0 Å². The van der Waals surface area contributed by atoms with E-state index in [0.717, 1.165) is 11.1 Å². The summed E-state index contributed by atoms with van der Waals surface area (Å²) in [6, 6.07) is 17.5. The lowest BCUT2D eigenvalue weighted by atomic mass is 9.93. The first-order chi connectivity index (χ1) is 13.0. The topological polar surface area (TPSA) is 107 Å². The summed E-state index contributed by atoms with van der Waals surface area (Å²) < 4.78 is 5.10. The zero-order chi connectivity index (χ0) is 19.6. The Morgan fingerprint density at radius 3 is 2.00 bits per heavy atom. The maximum absolute atomic E-state index is 12.3. The molecule has 0 aromatic heterocycles. The van der Waals surface area contributed by atoms with Crippen LogP contribution in [0.15, 0.2) is 60.7 Å². The van der Waals surface area contributed by atoms with Crippen LogP contribution in [0.4, 0.5) is 0 Å². The van der Waals surface area contributed by atoms with Crippen LogP contribution in [-0.2, 0) is 32.1 Å². The Hall–Kier alpha value is -2.99. The van der Waals surface area contributed by atoms with Gasteiger partial charge in [0.05, 0.1) is 18.4 Å². The van der Waals surface area contributed by atoms with Crippen molar-refractivity contribution in [3.63, 3.8) is 0 Å². The smallest absolute Gasteiger partial charge is 0.307 e. The average molecular weight is 369 g/mol. The first-order valence-corrected chi connectivity index (χ1v) is 8.70. The van der Waals surface area contributed by atoms with Crippen LogP contribution in [0.5, 0.6) is 0 Å². The molecule has 0 aliphatic heterocycles. The van der Waals surface area contributed by atoms with Crippen molar-refractivity contribution in [3.05, 3.63) is 71.8 Å². The van der Waals surface area contributed by atoms with E-state index in [-0.39, 0.29) is 25.2 Å². The number of hydrogen-bond acceptors (Lipinski definition) is 5. The van der Waals surface area contributed by atoms with Gasteiger partial charge in [0.25, 0.3) is 0 Å². The van der Waals surface area contributed by atoms with Gasteiger partial charge < -0.3 is 15.6 Å². The second-order valence-electron chi connectivity index (χ2n) is 6.35. The van der Waals surface area contributed by atoms with Crippen LogP contribution in [0.1, 0.15) is 24.0 Å². The van der Waals surface area contributed by atoms with Gasteiger partial charge in [-0.1, -0.05) is 60.7 Å². The van der Waals surface area contributed by atoms with Gasteiger partial charge in [-0.25, -0.2) is 0 Å². The van der Waals surface area contributed by atoms with Crippen LogP contribution < -0.4 is 5.73 Å². The minimum Gasteiger partial charge on any atom is -0.481 e. The SMILES string of the molecule is N[C@@H](Cc1ccccc1)C(=O)C[C@@H](CC(=O)OCc1ccccc1)C(=O)O. The molecule has 2 aromatic rings. The van der Waals surface area contributed by atoms with Crippen LogP contribution in [0.3, 0.4) is 0 Å². The fraction of sp³-hybridized carbons (Fsp3) is 0.286. The standard InChI is InChI=1S/C21H23NO5/c22-18(11-15-7-3-1-4-8-15)19(23)12-17(21(25)26)13-20(24)27-14-16-9-5-2-6-10-16/h1-10,17-18H,11-14,22H2,(H,25,26)/t17-,18-/m0/s1. The maximum atomic E-state index is 12.3. The number of ketones is 1. The lowest BCUT2D eigenvalue weighted by Crippen LogP contribution is -2.35. The Labute approximate surface area is 158 Å². The Balaban J connectivity index is 1.85. The van der Waals surface area contributed by atoms with E-state index in [1.807, 2.05) is 48.5 Å². The molecule has 0 aliphatic carbocycles. The van der Waals surface area contributed by atoms with Gasteiger partial charge in [-0.2, -0.15) is 0 Å². The number of aliphatic carboxylic acids is 1. The molecule has 0 saturated heterocycles. The summed E-state index contributed by atoms with van der Waals surface area (Å²) >= 11 is 0. The van der Waals surface area contributed by atoms with Crippen molar-refractivity contribution >= 4 is 17.7 Å². The van der Waals surface area contributed by atoms with Gasteiger partial charge in [0, 0.05) is 6.42 Å². The Kier molecular flexibility index (Phi) is 7.70. The highest BCUT2D eigenvalue weighted by molar-refractivity contribution is 5.89. The second kappa shape index (κ2) is 10.2. The van der Waals surface area contributed by atoms with Crippen LogP contribution in [0, 0.1) is 5.92 Å². The molecule has 2 aromatic carbocycles. The second-order valence-corrected chi connectivity index (χ2v) is 6.35. The highest BCUT2D eigenvalue weighted by Gasteiger charge is 2.27. The first kappa shape index (κ1) is 20.3. The molecule has 0 heterocycles. The maximum Gasteiger partial charge on any atom is 0.307 e. The normalized spacial score (nSPS) is 12.8. The molecular weight excluding hydrogens is 346 g/mol. The molecule has 27 heavy (non-hydrogen) atoms. The number of carbonyl (C=O) groups excluding carboxylic acids is 2. The van der Waals surface area contributed by atoms with Crippen molar-refractivity contribution in [3.8, 4) is 0 Å². The monoisotopic (exact) mass is 369 g/mol. The lowest BCUT2D eigenvalue weighted by Gasteiger charge is -2.15. The minimum atomic E-state index is -1.22. The van der Waals surface area contributed by atoms with Crippen LogP contribution >= 0.6 is 0 Å². The molecular formula is C21H23NO5. The molecule has 0 unspecified atom stereocenters. The van der Waals surface area contributed by atoms with Crippen molar-refractivity contribution in [2.75, 3.05) is 0 Å². The molecule has 0 saturated carbocycles. The van der Waals surface area contributed by atoms with Crippen LogP contribution in [0.25, 0.3) is 0 Å². The Bertz CT molecular complexity index is 761. The van der Waals surface area contributed by atoms with Gasteiger partial charge in [-0.15, -0.1) is 0 Å². The molecule has 6 heteroatoms. The fourth-order valence-electron chi connectivity index (χ4n) is 2.62. The number of carboxylic acid groups (broad SMARTS) is 1. The molecule has 0 radical (unpaired) electrons. The number of esters is 1. The van der Waals surface area contributed by atoms with E-state index in [2.05, 4.69) is 0 Å². The highest BCUT2D eigenvalue weighted by atomic mass is 16.5. The van der Waals surface area contributed by atoms with Gasteiger partial charge in [0.15, 0.2) is 5.78 Å².